The van der Waals surface area contributed by atoms with Crippen LogP contribution in [0.4, 0.5) is 0 Å². The smallest absolute Gasteiger partial charge is 0.295 e. The predicted molar refractivity (Wildman–Crippen MR) is 65.2 cm³/mol. The van der Waals surface area contributed by atoms with Gasteiger partial charge in [0.2, 0.25) is 0 Å². The van der Waals surface area contributed by atoms with Crippen molar-refractivity contribution in [3.63, 3.8) is 0 Å². The molecule has 0 radical (unpaired) electrons. The van der Waals surface area contributed by atoms with E-state index in [1.54, 1.807) is 0 Å². The standard InChI is InChI=1S/C10H8O7S2/c11-7-3-1-2-6-8(18(12,13)14)4-5-9(10(6)7)19(15,16)17/h1-5,11H,(H,12,13,14)(H,15,16,17). The molecule has 0 aliphatic heterocycles. The van der Waals surface area contributed by atoms with Gasteiger partial charge in [0, 0.05) is 10.8 Å². The molecule has 2 aromatic carbocycles. The highest BCUT2D eigenvalue weighted by Gasteiger charge is 2.22. The second-order valence-electron chi connectivity index (χ2n) is 3.71. The summed E-state index contributed by atoms with van der Waals surface area (Å²) in [6, 6.07) is 5.23. The Labute approximate surface area is 108 Å². The summed E-state index contributed by atoms with van der Waals surface area (Å²) in [7, 11) is -9.25. The van der Waals surface area contributed by atoms with Crippen molar-refractivity contribution in [3.8, 4) is 5.75 Å². The van der Waals surface area contributed by atoms with E-state index in [0.717, 1.165) is 18.2 Å². The van der Waals surface area contributed by atoms with Crippen LogP contribution in [0.15, 0.2) is 40.1 Å². The van der Waals surface area contributed by atoms with Crippen LogP contribution in [0.1, 0.15) is 0 Å². The molecule has 0 atom stereocenters. The highest BCUT2D eigenvalue weighted by molar-refractivity contribution is 7.86. The minimum absolute atomic E-state index is 0.211. The molecule has 0 spiro atoms. The minimum atomic E-state index is -4.65. The highest BCUT2D eigenvalue weighted by Crippen LogP contribution is 2.34. The summed E-state index contributed by atoms with van der Waals surface area (Å²) in [4.78, 5) is -1.21. The molecule has 0 amide bonds. The Morgan fingerprint density at radius 1 is 0.789 bits per heavy atom. The molecule has 0 bridgehead atoms. The van der Waals surface area contributed by atoms with Crippen molar-refractivity contribution in [2.75, 3.05) is 0 Å². The number of hydrogen-bond acceptors (Lipinski definition) is 5. The fraction of sp³-hybridized carbons (Fsp3) is 0. The molecule has 0 heterocycles. The lowest BCUT2D eigenvalue weighted by molar-refractivity contribution is 0.473. The second kappa shape index (κ2) is 4.17. The van der Waals surface area contributed by atoms with Gasteiger partial charge in [0.25, 0.3) is 20.2 Å². The number of phenolic OH excluding ortho intramolecular Hbond substituents is 1. The molecule has 0 aliphatic carbocycles. The Bertz CT molecular complexity index is 866. The van der Waals surface area contributed by atoms with Gasteiger partial charge in [-0.15, -0.1) is 0 Å². The average molecular weight is 304 g/mol. The van der Waals surface area contributed by atoms with Gasteiger partial charge in [0.1, 0.15) is 15.5 Å². The van der Waals surface area contributed by atoms with Crippen LogP contribution in [0, 0.1) is 0 Å². The molecule has 9 heteroatoms. The molecular weight excluding hydrogens is 296 g/mol. The van der Waals surface area contributed by atoms with E-state index in [0.29, 0.717) is 0 Å². The molecule has 2 aromatic rings. The number of benzene rings is 2. The molecule has 102 valence electrons. The molecule has 2 rings (SSSR count). The molecule has 0 aromatic heterocycles. The quantitative estimate of drug-likeness (QED) is 0.707. The maximum Gasteiger partial charge on any atom is 0.295 e. The van der Waals surface area contributed by atoms with E-state index < -0.39 is 35.8 Å². The molecule has 0 saturated heterocycles. The number of aromatic hydroxyl groups is 1. The Balaban J connectivity index is 3.10. The fourth-order valence-corrected chi connectivity index (χ4v) is 3.17. The van der Waals surface area contributed by atoms with E-state index >= 15 is 0 Å². The zero-order valence-electron chi connectivity index (χ0n) is 9.18. The Kier molecular flexibility index (Phi) is 3.01. The van der Waals surface area contributed by atoms with E-state index in [1.165, 1.54) is 12.1 Å². The van der Waals surface area contributed by atoms with Crippen LogP contribution in [0.2, 0.25) is 0 Å². The van der Waals surface area contributed by atoms with Crippen LogP contribution in [-0.4, -0.2) is 31.0 Å². The van der Waals surface area contributed by atoms with Gasteiger partial charge in [-0.25, -0.2) is 0 Å². The molecule has 0 fully saturated rings. The first kappa shape index (κ1) is 13.7. The van der Waals surface area contributed by atoms with Gasteiger partial charge in [0.15, 0.2) is 0 Å². The van der Waals surface area contributed by atoms with Crippen LogP contribution in [-0.2, 0) is 20.2 Å². The van der Waals surface area contributed by atoms with Gasteiger partial charge in [0.05, 0.1) is 0 Å². The van der Waals surface area contributed by atoms with E-state index in [9.17, 15) is 21.9 Å². The van der Waals surface area contributed by atoms with E-state index in [2.05, 4.69) is 0 Å². The first-order valence-electron chi connectivity index (χ1n) is 4.82. The molecule has 0 unspecified atom stereocenters. The summed E-state index contributed by atoms with van der Waals surface area (Å²) in [6.07, 6.45) is 0. The minimum Gasteiger partial charge on any atom is -0.507 e. The number of fused-ring (bicyclic) bond motifs is 1. The van der Waals surface area contributed by atoms with Gasteiger partial charge < -0.3 is 5.11 Å². The van der Waals surface area contributed by atoms with Gasteiger partial charge >= 0.3 is 0 Å². The summed E-state index contributed by atoms with van der Waals surface area (Å²) >= 11 is 0. The topological polar surface area (TPSA) is 129 Å². The van der Waals surface area contributed by atoms with Crippen LogP contribution in [0.25, 0.3) is 10.8 Å². The third-order valence-corrected chi connectivity index (χ3v) is 4.30. The molecule has 3 N–H and O–H groups in total. The normalized spacial score (nSPS) is 12.7. The fourth-order valence-electron chi connectivity index (χ4n) is 1.77. The lowest BCUT2D eigenvalue weighted by Gasteiger charge is -2.09. The monoisotopic (exact) mass is 304 g/mol. The molecule has 0 saturated carbocycles. The highest BCUT2D eigenvalue weighted by atomic mass is 32.2. The lowest BCUT2D eigenvalue weighted by atomic mass is 10.1. The molecular formula is C10H8O7S2. The van der Waals surface area contributed by atoms with E-state index in [-0.39, 0.29) is 10.8 Å². The lowest BCUT2D eigenvalue weighted by Crippen LogP contribution is -2.04. The van der Waals surface area contributed by atoms with Crippen LogP contribution >= 0.6 is 0 Å². The van der Waals surface area contributed by atoms with Gasteiger partial charge in [-0.1, -0.05) is 12.1 Å². The Hall–Kier alpha value is -1.68. The van der Waals surface area contributed by atoms with Gasteiger partial charge in [-0.2, -0.15) is 16.8 Å². The van der Waals surface area contributed by atoms with Crippen molar-refractivity contribution in [2.45, 2.75) is 9.79 Å². The van der Waals surface area contributed by atoms with Gasteiger partial charge in [-0.05, 0) is 18.2 Å². The largest absolute Gasteiger partial charge is 0.507 e. The Morgan fingerprint density at radius 3 is 1.84 bits per heavy atom. The zero-order chi connectivity index (χ0) is 14.4. The average Bonchev–Trinajstić information content (AvgIpc) is 2.25. The maximum absolute atomic E-state index is 11.2. The van der Waals surface area contributed by atoms with Gasteiger partial charge in [-0.3, -0.25) is 9.11 Å². The van der Waals surface area contributed by atoms with Crippen LogP contribution in [0.5, 0.6) is 5.75 Å². The predicted octanol–water partition coefficient (Wildman–Crippen LogP) is 1.04. The van der Waals surface area contributed by atoms with Crippen molar-refractivity contribution in [1.82, 2.24) is 0 Å². The number of phenols is 1. The molecule has 7 nitrogen and oxygen atoms in total. The van der Waals surface area contributed by atoms with E-state index in [4.69, 9.17) is 9.11 Å². The number of rotatable bonds is 2. The van der Waals surface area contributed by atoms with Crippen molar-refractivity contribution >= 4 is 31.0 Å². The van der Waals surface area contributed by atoms with Crippen molar-refractivity contribution < 1.29 is 31.0 Å². The summed E-state index contributed by atoms with van der Waals surface area (Å²) in [5, 5.41) is 9.07. The summed E-state index contributed by atoms with van der Waals surface area (Å²) < 4.78 is 62.9. The van der Waals surface area contributed by atoms with Crippen molar-refractivity contribution in [2.24, 2.45) is 0 Å². The first-order valence-corrected chi connectivity index (χ1v) is 7.70. The molecule has 0 aliphatic rings. The SMILES string of the molecule is O=S(=O)(O)c1ccc(S(=O)(=O)O)c2c(O)cccc12. The summed E-state index contributed by atoms with van der Waals surface area (Å²) in [5.41, 5.74) is 0. The third-order valence-electron chi connectivity index (χ3n) is 2.50. The molecule has 19 heavy (non-hydrogen) atoms. The summed E-state index contributed by atoms with van der Waals surface area (Å²) in [6.45, 7) is 0. The van der Waals surface area contributed by atoms with Crippen molar-refractivity contribution in [3.05, 3.63) is 30.3 Å². The van der Waals surface area contributed by atoms with Crippen molar-refractivity contribution in [1.29, 1.82) is 0 Å². The number of hydrogen-bond donors (Lipinski definition) is 3. The van der Waals surface area contributed by atoms with Crippen LogP contribution < -0.4 is 0 Å². The Morgan fingerprint density at radius 2 is 1.32 bits per heavy atom. The van der Waals surface area contributed by atoms with Crippen LogP contribution in [0.3, 0.4) is 0 Å². The summed E-state index contributed by atoms with van der Waals surface area (Å²) in [5.74, 6) is -0.532. The van der Waals surface area contributed by atoms with E-state index in [1.807, 2.05) is 0 Å². The second-order valence-corrected chi connectivity index (χ2v) is 6.49. The third kappa shape index (κ3) is 2.40. The first-order chi connectivity index (χ1) is 8.62. The zero-order valence-corrected chi connectivity index (χ0v) is 10.8. The maximum atomic E-state index is 11.2.